The lowest BCUT2D eigenvalue weighted by atomic mass is 10.3. The van der Waals surface area contributed by atoms with Crippen LogP contribution < -0.4 is 5.32 Å². The first kappa shape index (κ1) is 14.5. The van der Waals surface area contributed by atoms with Crippen LogP contribution in [0.4, 0.5) is 0 Å². The summed E-state index contributed by atoms with van der Waals surface area (Å²) in [6.07, 6.45) is 0.328. The molecule has 1 aliphatic rings. The van der Waals surface area contributed by atoms with Crippen molar-refractivity contribution in [2.24, 2.45) is 0 Å². The molecule has 5 nitrogen and oxygen atoms in total. The molecule has 1 aliphatic heterocycles. The summed E-state index contributed by atoms with van der Waals surface area (Å²) < 4.78 is 5.97. The molecule has 7 heteroatoms. The van der Waals surface area contributed by atoms with Gasteiger partial charge in [-0.3, -0.25) is 9.59 Å². The minimum absolute atomic E-state index is 0.0637. The molecule has 0 aliphatic carbocycles. The highest BCUT2D eigenvalue weighted by molar-refractivity contribution is 9.10. The number of halogens is 1. The Morgan fingerprint density at radius 1 is 1.42 bits per heavy atom. The number of hydrogen-bond donors (Lipinski definition) is 1. The molecular weight excluding hydrogens is 332 g/mol. The zero-order valence-electron chi connectivity index (χ0n) is 10.4. The van der Waals surface area contributed by atoms with E-state index in [9.17, 15) is 9.59 Å². The predicted octanol–water partition coefficient (Wildman–Crippen LogP) is 1.49. The summed E-state index contributed by atoms with van der Waals surface area (Å²) in [5.41, 5.74) is 0. The second-order valence-corrected chi connectivity index (χ2v) is 5.87. The van der Waals surface area contributed by atoms with Crippen LogP contribution >= 0.6 is 27.3 Å². The lowest BCUT2D eigenvalue weighted by molar-refractivity contribution is -0.135. The van der Waals surface area contributed by atoms with Gasteiger partial charge in [-0.1, -0.05) is 0 Å². The number of ether oxygens (including phenoxy) is 1. The molecule has 1 aromatic heterocycles. The second kappa shape index (κ2) is 7.02. The van der Waals surface area contributed by atoms with Crippen molar-refractivity contribution in [3.05, 3.63) is 20.8 Å². The van der Waals surface area contributed by atoms with Crippen LogP contribution in [-0.2, 0) is 9.53 Å². The van der Waals surface area contributed by atoms with E-state index >= 15 is 0 Å². The third-order valence-electron chi connectivity index (χ3n) is 2.81. The van der Waals surface area contributed by atoms with Crippen LogP contribution in [0.25, 0.3) is 0 Å². The second-order valence-electron chi connectivity index (χ2n) is 4.10. The Labute approximate surface area is 124 Å². The molecule has 1 fully saturated rings. The molecule has 0 spiro atoms. The van der Waals surface area contributed by atoms with Crippen LogP contribution in [0.2, 0.25) is 0 Å². The van der Waals surface area contributed by atoms with E-state index in [1.807, 2.05) is 11.4 Å². The van der Waals surface area contributed by atoms with Gasteiger partial charge in [-0.25, -0.2) is 0 Å². The maximum absolute atomic E-state index is 11.8. The van der Waals surface area contributed by atoms with Crippen molar-refractivity contribution in [3.63, 3.8) is 0 Å². The zero-order valence-corrected chi connectivity index (χ0v) is 12.8. The van der Waals surface area contributed by atoms with Crippen molar-refractivity contribution in [1.82, 2.24) is 10.2 Å². The van der Waals surface area contributed by atoms with E-state index in [0.29, 0.717) is 44.1 Å². The fourth-order valence-corrected chi connectivity index (χ4v) is 3.26. The summed E-state index contributed by atoms with van der Waals surface area (Å²) in [4.78, 5) is 26.1. The average molecular weight is 347 g/mol. The van der Waals surface area contributed by atoms with Gasteiger partial charge in [0.25, 0.3) is 5.91 Å². The van der Waals surface area contributed by atoms with E-state index < -0.39 is 0 Å². The lowest BCUT2D eigenvalue weighted by Crippen LogP contribution is -2.42. The molecule has 0 bridgehead atoms. The van der Waals surface area contributed by atoms with E-state index in [1.165, 1.54) is 11.3 Å². The maximum Gasteiger partial charge on any atom is 0.262 e. The molecule has 1 aromatic rings. The Morgan fingerprint density at radius 2 is 2.16 bits per heavy atom. The number of nitrogens with zero attached hydrogens (tertiary/aromatic N) is 1. The van der Waals surface area contributed by atoms with Gasteiger partial charge in [0.15, 0.2) is 0 Å². The van der Waals surface area contributed by atoms with E-state index in [2.05, 4.69) is 21.2 Å². The molecule has 0 aromatic carbocycles. The van der Waals surface area contributed by atoms with Gasteiger partial charge in [0.1, 0.15) is 4.88 Å². The van der Waals surface area contributed by atoms with Gasteiger partial charge in [0.2, 0.25) is 5.91 Å². The van der Waals surface area contributed by atoms with Gasteiger partial charge < -0.3 is 15.0 Å². The molecule has 104 valence electrons. The molecule has 19 heavy (non-hydrogen) atoms. The number of morpholine rings is 1. The van der Waals surface area contributed by atoms with Crippen molar-refractivity contribution in [2.45, 2.75) is 6.42 Å². The van der Waals surface area contributed by atoms with Crippen molar-refractivity contribution >= 4 is 39.1 Å². The first-order valence-corrected chi connectivity index (χ1v) is 7.72. The topological polar surface area (TPSA) is 58.6 Å². The van der Waals surface area contributed by atoms with Gasteiger partial charge >= 0.3 is 0 Å². The third-order valence-corrected chi connectivity index (χ3v) is 4.65. The number of carbonyl (C=O) groups is 2. The highest BCUT2D eigenvalue weighted by Gasteiger charge is 2.17. The molecule has 2 amide bonds. The summed E-state index contributed by atoms with van der Waals surface area (Å²) in [6.45, 7) is 2.84. The Bertz CT molecular complexity index is 458. The maximum atomic E-state index is 11.8. The Hall–Kier alpha value is -0.920. The van der Waals surface area contributed by atoms with Gasteiger partial charge in [-0.15, -0.1) is 11.3 Å². The van der Waals surface area contributed by atoms with E-state index in [0.717, 1.165) is 4.47 Å². The first-order chi connectivity index (χ1) is 9.18. The van der Waals surface area contributed by atoms with Crippen LogP contribution in [0.5, 0.6) is 0 Å². The van der Waals surface area contributed by atoms with E-state index in [-0.39, 0.29) is 11.8 Å². The molecule has 0 atom stereocenters. The monoisotopic (exact) mass is 346 g/mol. The molecule has 1 N–H and O–H groups in total. The molecule has 1 saturated heterocycles. The number of thiophene rings is 1. The van der Waals surface area contributed by atoms with Crippen LogP contribution in [0, 0.1) is 0 Å². The third kappa shape index (κ3) is 4.02. The van der Waals surface area contributed by atoms with Crippen molar-refractivity contribution in [3.8, 4) is 0 Å². The Balaban J connectivity index is 1.73. The highest BCUT2D eigenvalue weighted by Crippen LogP contribution is 2.22. The number of carbonyl (C=O) groups excluding carboxylic acids is 2. The summed E-state index contributed by atoms with van der Waals surface area (Å²) in [5.74, 6) is -0.0782. The molecule has 2 heterocycles. The van der Waals surface area contributed by atoms with Crippen molar-refractivity contribution in [2.75, 3.05) is 32.8 Å². The van der Waals surface area contributed by atoms with Gasteiger partial charge in [-0.2, -0.15) is 0 Å². The smallest absolute Gasteiger partial charge is 0.262 e. The summed E-state index contributed by atoms with van der Waals surface area (Å²) in [5, 5.41) is 4.60. The van der Waals surface area contributed by atoms with E-state index in [1.54, 1.807) is 4.90 Å². The first-order valence-electron chi connectivity index (χ1n) is 6.05. The quantitative estimate of drug-likeness (QED) is 0.898. The number of rotatable bonds is 4. The lowest BCUT2D eigenvalue weighted by Gasteiger charge is -2.26. The Morgan fingerprint density at radius 3 is 2.79 bits per heavy atom. The summed E-state index contributed by atoms with van der Waals surface area (Å²) >= 11 is 4.68. The number of hydrogen-bond acceptors (Lipinski definition) is 4. The zero-order chi connectivity index (χ0) is 13.7. The standard InChI is InChI=1S/C12H15BrN2O3S/c13-9-2-8-19-11(9)12(17)14-3-1-10(16)15-4-6-18-7-5-15/h2,8H,1,3-7H2,(H,14,17). The van der Waals surface area contributed by atoms with Gasteiger partial charge in [0.05, 0.1) is 13.2 Å². The van der Waals surface area contributed by atoms with Crippen molar-refractivity contribution in [1.29, 1.82) is 0 Å². The molecule has 0 radical (unpaired) electrons. The molecule has 0 saturated carbocycles. The van der Waals surface area contributed by atoms with Crippen LogP contribution in [0.15, 0.2) is 15.9 Å². The van der Waals surface area contributed by atoms with Gasteiger partial charge in [-0.05, 0) is 27.4 Å². The number of amides is 2. The normalized spacial score (nSPS) is 15.3. The van der Waals surface area contributed by atoms with Crippen molar-refractivity contribution < 1.29 is 14.3 Å². The fraction of sp³-hybridized carbons (Fsp3) is 0.500. The molecule has 2 rings (SSSR count). The average Bonchev–Trinajstić information content (AvgIpc) is 2.86. The minimum atomic E-state index is -0.142. The molecule has 0 unspecified atom stereocenters. The van der Waals surface area contributed by atoms with E-state index in [4.69, 9.17) is 4.74 Å². The van der Waals surface area contributed by atoms with Crippen LogP contribution in [-0.4, -0.2) is 49.6 Å². The fourth-order valence-electron chi connectivity index (χ4n) is 1.79. The SMILES string of the molecule is O=C(NCCC(=O)N1CCOCC1)c1sccc1Br. The summed E-state index contributed by atoms with van der Waals surface area (Å²) in [7, 11) is 0. The Kier molecular flexibility index (Phi) is 5.35. The largest absolute Gasteiger partial charge is 0.378 e. The highest BCUT2D eigenvalue weighted by atomic mass is 79.9. The van der Waals surface area contributed by atoms with Gasteiger partial charge in [0, 0.05) is 30.5 Å². The minimum Gasteiger partial charge on any atom is -0.378 e. The van der Waals surface area contributed by atoms with Crippen LogP contribution in [0.1, 0.15) is 16.1 Å². The number of nitrogens with one attached hydrogen (secondary N) is 1. The predicted molar refractivity (Wildman–Crippen MR) is 76.4 cm³/mol. The summed E-state index contributed by atoms with van der Waals surface area (Å²) in [6, 6.07) is 1.83. The van der Waals surface area contributed by atoms with Crippen LogP contribution in [0.3, 0.4) is 0 Å². The molecular formula is C12H15BrN2O3S.